The van der Waals surface area contributed by atoms with Crippen LogP contribution in [0.4, 0.5) is 5.13 Å². The molecule has 0 aliphatic rings. The average molecular weight is 167 g/mol. The van der Waals surface area contributed by atoms with Crippen LogP contribution in [0.15, 0.2) is 6.20 Å². The number of rotatable bonds is 3. The minimum absolute atomic E-state index is 0.656. The van der Waals surface area contributed by atoms with Crippen LogP contribution < -0.4 is 5.32 Å². The number of hydrogen-bond acceptors (Lipinski definition) is 4. The van der Waals surface area contributed by atoms with Crippen LogP contribution in [0.25, 0.3) is 0 Å². The molecule has 1 rings (SSSR count). The van der Waals surface area contributed by atoms with E-state index in [1.807, 2.05) is 6.07 Å². The summed E-state index contributed by atoms with van der Waals surface area (Å²) in [6.45, 7) is 3.00. The molecule has 0 spiro atoms. The van der Waals surface area contributed by atoms with E-state index in [0.29, 0.717) is 4.88 Å². The Kier molecular flexibility index (Phi) is 2.87. The van der Waals surface area contributed by atoms with E-state index in [-0.39, 0.29) is 0 Å². The first kappa shape index (κ1) is 8.02. The number of nitrogens with one attached hydrogen (secondary N) is 1. The molecule has 1 heterocycles. The van der Waals surface area contributed by atoms with Crippen LogP contribution in [0, 0.1) is 11.3 Å². The molecule has 58 valence electrons. The molecular weight excluding hydrogens is 158 g/mol. The molecule has 0 saturated heterocycles. The molecule has 1 aromatic heterocycles. The zero-order valence-electron chi connectivity index (χ0n) is 6.29. The molecule has 0 bridgehead atoms. The molecule has 1 N–H and O–H groups in total. The van der Waals surface area contributed by atoms with Gasteiger partial charge in [-0.3, -0.25) is 0 Å². The highest BCUT2D eigenvalue weighted by Crippen LogP contribution is 2.16. The van der Waals surface area contributed by atoms with Crippen molar-refractivity contribution in [3.05, 3.63) is 11.1 Å². The third-order valence-corrected chi connectivity index (χ3v) is 2.00. The summed E-state index contributed by atoms with van der Waals surface area (Å²) in [6, 6.07) is 2.04. The van der Waals surface area contributed by atoms with Crippen molar-refractivity contribution in [2.75, 3.05) is 11.9 Å². The lowest BCUT2D eigenvalue weighted by molar-refractivity contribution is 0.976. The Morgan fingerprint density at radius 3 is 3.18 bits per heavy atom. The van der Waals surface area contributed by atoms with Gasteiger partial charge in [0.25, 0.3) is 0 Å². The van der Waals surface area contributed by atoms with Gasteiger partial charge in [-0.25, -0.2) is 4.98 Å². The van der Waals surface area contributed by atoms with Gasteiger partial charge in [0.2, 0.25) is 0 Å². The molecule has 4 heteroatoms. The van der Waals surface area contributed by atoms with Crippen molar-refractivity contribution in [3.63, 3.8) is 0 Å². The SMILES string of the molecule is CCCNc1ncc(C#N)s1. The van der Waals surface area contributed by atoms with Crippen LogP contribution in [-0.4, -0.2) is 11.5 Å². The third-order valence-electron chi connectivity index (χ3n) is 1.14. The van der Waals surface area contributed by atoms with Crippen molar-refractivity contribution in [1.82, 2.24) is 4.98 Å². The van der Waals surface area contributed by atoms with Gasteiger partial charge in [0.15, 0.2) is 5.13 Å². The Morgan fingerprint density at radius 2 is 2.64 bits per heavy atom. The normalized spacial score (nSPS) is 9.09. The molecule has 0 aliphatic carbocycles. The minimum Gasteiger partial charge on any atom is -0.361 e. The maximum absolute atomic E-state index is 8.47. The summed E-state index contributed by atoms with van der Waals surface area (Å²) in [5.74, 6) is 0. The second-order valence-electron chi connectivity index (χ2n) is 2.07. The molecule has 0 aliphatic heterocycles. The monoisotopic (exact) mass is 167 g/mol. The molecule has 0 amide bonds. The van der Waals surface area contributed by atoms with Gasteiger partial charge >= 0.3 is 0 Å². The summed E-state index contributed by atoms with van der Waals surface area (Å²) in [5, 5.41) is 12.4. The molecule has 0 atom stereocenters. The molecule has 0 radical (unpaired) electrons. The highest BCUT2D eigenvalue weighted by molar-refractivity contribution is 7.16. The van der Waals surface area contributed by atoms with Crippen LogP contribution in [0.2, 0.25) is 0 Å². The van der Waals surface area contributed by atoms with Gasteiger partial charge in [0.1, 0.15) is 10.9 Å². The Labute approximate surface area is 69.7 Å². The van der Waals surface area contributed by atoms with Gasteiger partial charge in [-0.2, -0.15) is 5.26 Å². The maximum atomic E-state index is 8.47. The zero-order valence-corrected chi connectivity index (χ0v) is 7.11. The lowest BCUT2D eigenvalue weighted by Gasteiger charge is -1.95. The molecule has 1 aromatic rings. The first-order valence-electron chi connectivity index (χ1n) is 3.46. The van der Waals surface area contributed by atoms with Crippen molar-refractivity contribution in [1.29, 1.82) is 5.26 Å². The van der Waals surface area contributed by atoms with E-state index in [0.717, 1.165) is 18.1 Å². The summed E-state index contributed by atoms with van der Waals surface area (Å²) in [5.41, 5.74) is 0. The summed E-state index contributed by atoms with van der Waals surface area (Å²) < 4.78 is 0. The lowest BCUT2D eigenvalue weighted by atomic mass is 10.5. The zero-order chi connectivity index (χ0) is 8.10. The summed E-state index contributed by atoms with van der Waals surface area (Å²) in [6.07, 6.45) is 2.66. The van der Waals surface area contributed by atoms with Gasteiger partial charge in [-0.05, 0) is 6.42 Å². The largest absolute Gasteiger partial charge is 0.361 e. The number of anilines is 1. The molecule has 0 saturated carbocycles. The third kappa shape index (κ3) is 2.20. The van der Waals surface area contributed by atoms with E-state index in [1.54, 1.807) is 6.20 Å². The van der Waals surface area contributed by atoms with Crippen molar-refractivity contribution in [2.24, 2.45) is 0 Å². The van der Waals surface area contributed by atoms with Gasteiger partial charge in [0, 0.05) is 6.54 Å². The van der Waals surface area contributed by atoms with E-state index < -0.39 is 0 Å². The molecular formula is C7H9N3S. The Hall–Kier alpha value is -1.08. The number of nitrogens with zero attached hydrogens (tertiary/aromatic N) is 2. The van der Waals surface area contributed by atoms with Crippen molar-refractivity contribution < 1.29 is 0 Å². The Balaban J connectivity index is 2.53. The second kappa shape index (κ2) is 3.94. The van der Waals surface area contributed by atoms with Crippen molar-refractivity contribution in [3.8, 4) is 6.07 Å². The molecule has 0 aromatic carbocycles. The molecule has 0 unspecified atom stereocenters. The smallest absolute Gasteiger partial charge is 0.183 e. The Bertz CT molecular complexity index is 261. The molecule has 3 nitrogen and oxygen atoms in total. The fourth-order valence-electron chi connectivity index (χ4n) is 0.639. The topological polar surface area (TPSA) is 48.7 Å². The number of aromatic nitrogens is 1. The van der Waals surface area contributed by atoms with E-state index in [2.05, 4.69) is 17.2 Å². The fraction of sp³-hybridized carbons (Fsp3) is 0.429. The van der Waals surface area contributed by atoms with Gasteiger partial charge < -0.3 is 5.32 Å². The summed E-state index contributed by atoms with van der Waals surface area (Å²) >= 11 is 1.39. The highest BCUT2D eigenvalue weighted by atomic mass is 32.1. The highest BCUT2D eigenvalue weighted by Gasteiger charge is 1.97. The summed E-state index contributed by atoms with van der Waals surface area (Å²) in [4.78, 5) is 4.67. The van der Waals surface area contributed by atoms with Crippen LogP contribution in [0.5, 0.6) is 0 Å². The predicted octanol–water partition coefficient (Wildman–Crippen LogP) is 1.84. The first-order valence-corrected chi connectivity index (χ1v) is 4.28. The predicted molar refractivity (Wildman–Crippen MR) is 45.6 cm³/mol. The van der Waals surface area contributed by atoms with Crippen LogP contribution in [-0.2, 0) is 0 Å². The van der Waals surface area contributed by atoms with Crippen molar-refractivity contribution >= 4 is 16.5 Å². The second-order valence-corrected chi connectivity index (χ2v) is 3.10. The van der Waals surface area contributed by atoms with Crippen LogP contribution >= 0.6 is 11.3 Å². The Morgan fingerprint density at radius 1 is 1.82 bits per heavy atom. The van der Waals surface area contributed by atoms with Gasteiger partial charge in [0.05, 0.1) is 6.20 Å². The van der Waals surface area contributed by atoms with E-state index in [4.69, 9.17) is 5.26 Å². The van der Waals surface area contributed by atoms with Crippen LogP contribution in [0.3, 0.4) is 0 Å². The molecule has 11 heavy (non-hydrogen) atoms. The summed E-state index contributed by atoms with van der Waals surface area (Å²) in [7, 11) is 0. The average Bonchev–Trinajstić information content (AvgIpc) is 2.48. The van der Waals surface area contributed by atoms with E-state index in [9.17, 15) is 0 Å². The minimum atomic E-state index is 0.656. The quantitative estimate of drug-likeness (QED) is 0.747. The van der Waals surface area contributed by atoms with E-state index >= 15 is 0 Å². The fourth-order valence-corrected chi connectivity index (χ4v) is 1.28. The van der Waals surface area contributed by atoms with Crippen LogP contribution in [0.1, 0.15) is 18.2 Å². The first-order chi connectivity index (χ1) is 5.36. The molecule has 0 fully saturated rings. The number of thiazole rings is 1. The number of hydrogen-bond donors (Lipinski definition) is 1. The van der Waals surface area contributed by atoms with Crippen molar-refractivity contribution in [2.45, 2.75) is 13.3 Å². The van der Waals surface area contributed by atoms with E-state index in [1.165, 1.54) is 11.3 Å². The standard InChI is InChI=1S/C7H9N3S/c1-2-3-9-7-10-5-6(4-8)11-7/h5H,2-3H2,1H3,(H,9,10). The van der Waals surface area contributed by atoms with Gasteiger partial charge in [-0.15, -0.1) is 0 Å². The maximum Gasteiger partial charge on any atom is 0.183 e. The van der Waals surface area contributed by atoms with Gasteiger partial charge in [-0.1, -0.05) is 18.3 Å². The lowest BCUT2D eigenvalue weighted by Crippen LogP contribution is -1.97. The number of nitriles is 1.